The monoisotopic (exact) mass is 237 g/mol. The molecule has 6 heteroatoms. The molecular formula is C11H15N3O3. The summed E-state index contributed by atoms with van der Waals surface area (Å²) in [5, 5.41) is 10.7. The fourth-order valence-corrected chi connectivity index (χ4v) is 1.72. The molecule has 1 aromatic heterocycles. The van der Waals surface area contributed by atoms with Gasteiger partial charge in [-0.1, -0.05) is 6.07 Å². The van der Waals surface area contributed by atoms with E-state index in [2.05, 4.69) is 15.2 Å². The third-order valence-corrected chi connectivity index (χ3v) is 2.57. The SMILES string of the molecule is O=C(O)Nc1ccc(CN2CCOCC2)cn1. The highest BCUT2D eigenvalue weighted by molar-refractivity contribution is 5.81. The fraction of sp³-hybridized carbons (Fsp3) is 0.455. The van der Waals surface area contributed by atoms with Gasteiger partial charge < -0.3 is 9.84 Å². The largest absolute Gasteiger partial charge is 0.465 e. The number of hydrogen-bond acceptors (Lipinski definition) is 4. The van der Waals surface area contributed by atoms with Crippen LogP contribution in [-0.4, -0.2) is 47.4 Å². The number of nitrogens with zero attached hydrogens (tertiary/aromatic N) is 2. The average Bonchev–Trinajstić information content (AvgIpc) is 2.32. The van der Waals surface area contributed by atoms with Crippen molar-refractivity contribution in [1.82, 2.24) is 9.88 Å². The van der Waals surface area contributed by atoms with Gasteiger partial charge in [-0.3, -0.25) is 10.2 Å². The normalized spacial score (nSPS) is 16.7. The van der Waals surface area contributed by atoms with E-state index in [4.69, 9.17) is 9.84 Å². The lowest BCUT2D eigenvalue weighted by atomic mass is 10.2. The van der Waals surface area contributed by atoms with Crippen LogP contribution in [0.25, 0.3) is 0 Å². The minimum atomic E-state index is -1.10. The summed E-state index contributed by atoms with van der Waals surface area (Å²) in [5.74, 6) is 0.350. The highest BCUT2D eigenvalue weighted by Gasteiger charge is 2.10. The second kappa shape index (κ2) is 5.60. The molecule has 0 radical (unpaired) electrons. The molecule has 2 heterocycles. The molecule has 0 bridgehead atoms. The van der Waals surface area contributed by atoms with E-state index in [1.165, 1.54) is 0 Å². The van der Waals surface area contributed by atoms with E-state index in [1.54, 1.807) is 12.3 Å². The second-order valence-electron chi connectivity index (χ2n) is 3.87. The van der Waals surface area contributed by atoms with E-state index in [9.17, 15) is 4.79 Å². The number of anilines is 1. The van der Waals surface area contributed by atoms with Crippen molar-refractivity contribution < 1.29 is 14.6 Å². The zero-order valence-electron chi connectivity index (χ0n) is 9.43. The first-order chi connectivity index (χ1) is 8.24. The van der Waals surface area contributed by atoms with Crippen LogP contribution in [0.4, 0.5) is 10.6 Å². The number of morpholine rings is 1. The summed E-state index contributed by atoms with van der Waals surface area (Å²) >= 11 is 0. The van der Waals surface area contributed by atoms with E-state index >= 15 is 0 Å². The summed E-state index contributed by atoms with van der Waals surface area (Å²) in [6.07, 6.45) is 0.596. The number of pyridine rings is 1. The third kappa shape index (κ3) is 3.69. The van der Waals surface area contributed by atoms with Gasteiger partial charge >= 0.3 is 6.09 Å². The van der Waals surface area contributed by atoms with E-state index in [-0.39, 0.29) is 0 Å². The third-order valence-electron chi connectivity index (χ3n) is 2.57. The van der Waals surface area contributed by atoms with Gasteiger partial charge in [0, 0.05) is 25.8 Å². The van der Waals surface area contributed by atoms with E-state index in [1.807, 2.05) is 6.07 Å². The van der Waals surface area contributed by atoms with Gasteiger partial charge in [-0.05, 0) is 11.6 Å². The molecule has 1 aromatic rings. The summed E-state index contributed by atoms with van der Waals surface area (Å²) in [6, 6.07) is 3.55. The van der Waals surface area contributed by atoms with Crippen molar-refractivity contribution in [1.29, 1.82) is 0 Å². The van der Waals surface area contributed by atoms with E-state index in [0.29, 0.717) is 5.82 Å². The molecule has 17 heavy (non-hydrogen) atoms. The standard InChI is InChI=1S/C11H15N3O3/c15-11(16)13-10-2-1-9(7-12-10)8-14-3-5-17-6-4-14/h1-2,7H,3-6,8H2,(H,12,13)(H,15,16). The highest BCUT2D eigenvalue weighted by atomic mass is 16.5. The van der Waals surface area contributed by atoms with Gasteiger partial charge in [-0.2, -0.15) is 0 Å². The van der Waals surface area contributed by atoms with Crippen LogP contribution in [0.2, 0.25) is 0 Å². The van der Waals surface area contributed by atoms with Crippen molar-refractivity contribution >= 4 is 11.9 Å². The maximum atomic E-state index is 10.4. The molecule has 0 saturated carbocycles. The Balaban J connectivity index is 1.90. The quantitative estimate of drug-likeness (QED) is 0.820. The number of rotatable bonds is 3. The topological polar surface area (TPSA) is 74.7 Å². The number of carboxylic acid groups (broad SMARTS) is 1. The van der Waals surface area contributed by atoms with Crippen molar-refractivity contribution in [3.8, 4) is 0 Å². The molecule has 0 unspecified atom stereocenters. The molecule has 1 aliphatic rings. The smallest absolute Gasteiger partial charge is 0.410 e. The Morgan fingerprint density at radius 3 is 2.82 bits per heavy atom. The maximum Gasteiger partial charge on any atom is 0.410 e. The molecule has 0 aliphatic carbocycles. The van der Waals surface area contributed by atoms with Gasteiger partial charge in [-0.15, -0.1) is 0 Å². The van der Waals surface area contributed by atoms with Crippen molar-refractivity contribution in [3.05, 3.63) is 23.9 Å². The van der Waals surface area contributed by atoms with Crippen LogP contribution < -0.4 is 5.32 Å². The van der Waals surface area contributed by atoms with Gasteiger partial charge in [0.1, 0.15) is 5.82 Å². The lowest BCUT2D eigenvalue weighted by Crippen LogP contribution is -2.35. The lowest BCUT2D eigenvalue weighted by Gasteiger charge is -2.26. The second-order valence-corrected chi connectivity index (χ2v) is 3.87. The van der Waals surface area contributed by atoms with Crippen molar-refractivity contribution in [2.75, 3.05) is 31.6 Å². The van der Waals surface area contributed by atoms with Gasteiger partial charge in [0.25, 0.3) is 0 Å². The number of amides is 1. The molecule has 1 aliphatic heterocycles. The van der Waals surface area contributed by atoms with Crippen LogP contribution >= 0.6 is 0 Å². The molecule has 0 spiro atoms. The molecule has 1 saturated heterocycles. The van der Waals surface area contributed by atoms with Crippen LogP contribution in [0.3, 0.4) is 0 Å². The van der Waals surface area contributed by atoms with Gasteiger partial charge in [0.2, 0.25) is 0 Å². The molecular weight excluding hydrogens is 222 g/mol. The van der Waals surface area contributed by atoms with Gasteiger partial charge in [-0.25, -0.2) is 9.78 Å². The molecule has 0 atom stereocenters. The Morgan fingerprint density at radius 1 is 1.47 bits per heavy atom. The molecule has 1 fully saturated rings. The fourth-order valence-electron chi connectivity index (χ4n) is 1.72. The van der Waals surface area contributed by atoms with Gasteiger partial charge in [0.15, 0.2) is 0 Å². The molecule has 2 rings (SSSR count). The summed E-state index contributed by atoms with van der Waals surface area (Å²) < 4.78 is 5.27. The van der Waals surface area contributed by atoms with Crippen LogP contribution in [-0.2, 0) is 11.3 Å². The van der Waals surface area contributed by atoms with Crippen molar-refractivity contribution in [2.24, 2.45) is 0 Å². The summed E-state index contributed by atoms with van der Waals surface area (Å²) in [5.41, 5.74) is 1.07. The number of aromatic nitrogens is 1. The lowest BCUT2D eigenvalue weighted by molar-refractivity contribution is 0.0341. The summed E-state index contributed by atoms with van der Waals surface area (Å²) in [6.45, 7) is 4.21. The Bertz CT molecular complexity index is 374. The maximum absolute atomic E-state index is 10.4. The Morgan fingerprint density at radius 2 is 2.24 bits per heavy atom. The summed E-state index contributed by atoms with van der Waals surface area (Å²) in [4.78, 5) is 16.7. The summed E-state index contributed by atoms with van der Waals surface area (Å²) in [7, 11) is 0. The average molecular weight is 237 g/mol. The minimum absolute atomic E-state index is 0.350. The first kappa shape index (κ1) is 11.8. The Labute approximate surface area is 99.2 Å². The first-order valence-electron chi connectivity index (χ1n) is 5.49. The van der Waals surface area contributed by atoms with Crippen LogP contribution in [0.1, 0.15) is 5.56 Å². The Hall–Kier alpha value is -1.66. The molecule has 92 valence electrons. The predicted octanol–water partition coefficient (Wildman–Crippen LogP) is 1.00. The van der Waals surface area contributed by atoms with Crippen molar-refractivity contribution in [2.45, 2.75) is 6.54 Å². The van der Waals surface area contributed by atoms with Gasteiger partial charge in [0.05, 0.1) is 13.2 Å². The van der Waals surface area contributed by atoms with Crippen LogP contribution in [0, 0.1) is 0 Å². The predicted molar refractivity (Wildman–Crippen MR) is 62.0 cm³/mol. The van der Waals surface area contributed by atoms with Crippen LogP contribution in [0.5, 0.6) is 0 Å². The van der Waals surface area contributed by atoms with Crippen LogP contribution in [0.15, 0.2) is 18.3 Å². The van der Waals surface area contributed by atoms with E-state index in [0.717, 1.165) is 38.4 Å². The first-order valence-corrected chi connectivity index (χ1v) is 5.49. The number of hydrogen-bond donors (Lipinski definition) is 2. The molecule has 2 N–H and O–H groups in total. The zero-order valence-corrected chi connectivity index (χ0v) is 9.43. The Kier molecular flexibility index (Phi) is 3.89. The molecule has 0 aromatic carbocycles. The van der Waals surface area contributed by atoms with Crippen molar-refractivity contribution in [3.63, 3.8) is 0 Å². The highest BCUT2D eigenvalue weighted by Crippen LogP contribution is 2.09. The molecule has 6 nitrogen and oxygen atoms in total. The minimum Gasteiger partial charge on any atom is -0.465 e. The number of nitrogens with one attached hydrogen (secondary N) is 1. The van der Waals surface area contributed by atoms with E-state index < -0.39 is 6.09 Å². The number of ether oxygens (including phenoxy) is 1. The molecule has 1 amide bonds. The zero-order chi connectivity index (χ0) is 12.1. The number of carbonyl (C=O) groups is 1.